The smallest absolute Gasteiger partial charge is 0.123 e. The molecule has 2 nitrogen and oxygen atoms in total. The second-order valence-corrected chi connectivity index (χ2v) is 9.83. The molecule has 0 amide bonds. The van der Waals surface area contributed by atoms with Crippen LogP contribution in [0.4, 0.5) is 8.78 Å². The van der Waals surface area contributed by atoms with Crippen LogP contribution in [0.5, 0.6) is 0 Å². The fourth-order valence-electron chi connectivity index (χ4n) is 6.02. The maximum absolute atomic E-state index is 14.2. The fraction of sp³-hybridized carbons (Fsp3) is 0.520. The Labute approximate surface area is 172 Å². The van der Waals surface area contributed by atoms with E-state index in [1.54, 1.807) is 12.1 Å². The third-order valence-corrected chi connectivity index (χ3v) is 7.80. The number of quaternary nitrogens is 1. The van der Waals surface area contributed by atoms with Crippen molar-refractivity contribution in [2.24, 2.45) is 5.92 Å². The first-order chi connectivity index (χ1) is 13.6. The zero-order valence-electron chi connectivity index (χ0n) is 17.9. The van der Waals surface area contributed by atoms with Crippen LogP contribution < -0.4 is 0 Å². The molecule has 0 spiro atoms. The molecular formula is C25H32F2NO+. The van der Waals surface area contributed by atoms with Crippen molar-refractivity contribution >= 4 is 0 Å². The molecule has 1 unspecified atom stereocenters. The van der Waals surface area contributed by atoms with E-state index >= 15 is 0 Å². The van der Waals surface area contributed by atoms with Gasteiger partial charge in [0.15, 0.2) is 0 Å². The first-order valence-corrected chi connectivity index (χ1v) is 10.7. The Morgan fingerprint density at radius 2 is 1.34 bits per heavy atom. The SMILES string of the molecule is Cc1ccc(F)cc1C(O)(CC1C[C@H]2CC[C@@H](C1)[N+]2(C)C)c1cc(F)ccc1C. The highest BCUT2D eigenvalue weighted by atomic mass is 19.1. The van der Waals surface area contributed by atoms with Crippen molar-refractivity contribution in [2.75, 3.05) is 14.1 Å². The summed E-state index contributed by atoms with van der Waals surface area (Å²) in [5.74, 6) is -0.423. The molecule has 0 saturated carbocycles. The van der Waals surface area contributed by atoms with Crippen LogP contribution in [0.15, 0.2) is 36.4 Å². The molecule has 3 atom stereocenters. The zero-order valence-corrected chi connectivity index (χ0v) is 17.9. The second-order valence-electron chi connectivity index (χ2n) is 9.83. The van der Waals surface area contributed by atoms with Crippen molar-refractivity contribution in [1.82, 2.24) is 0 Å². The maximum atomic E-state index is 14.2. The van der Waals surface area contributed by atoms with Crippen molar-refractivity contribution < 1.29 is 18.4 Å². The third-order valence-electron chi connectivity index (χ3n) is 7.80. The molecule has 2 aromatic carbocycles. The summed E-state index contributed by atoms with van der Waals surface area (Å²) in [4.78, 5) is 0. The molecule has 0 aliphatic carbocycles. The minimum atomic E-state index is -1.41. The summed E-state index contributed by atoms with van der Waals surface area (Å²) >= 11 is 0. The van der Waals surface area contributed by atoms with Crippen LogP contribution in [0.3, 0.4) is 0 Å². The van der Waals surface area contributed by atoms with E-state index in [9.17, 15) is 13.9 Å². The van der Waals surface area contributed by atoms with Gasteiger partial charge in [0, 0.05) is 25.7 Å². The van der Waals surface area contributed by atoms with E-state index in [-0.39, 0.29) is 11.6 Å². The molecule has 2 bridgehead atoms. The number of nitrogens with zero attached hydrogens (tertiary/aromatic N) is 1. The number of rotatable bonds is 4. The predicted molar refractivity (Wildman–Crippen MR) is 112 cm³/mol. The predicted octanol–water partition coefficient (Wildman–Crippen LogP) is 5.23. The van der Waals surface area contributed by atoms with Crippen molar-refractivity contribution in [3.05, 3.63) is 70.3 Å². The molecule has 2 fully saturated rings. The number of fused-ring (bicyclic) bond motifs is 2. The monoisotopic (exact) mass is 400 g/mol. The molecule has 2 aromatic rings. The lowest BCUT2D eigenvalue weighted by atomic mass is 9.73. The van der Waals surface area contributed by atoms with Gasteiger partial charge in [0.1, 0.15) is 17.2 Å². The van der Waals surface area contributed by atoms with Crippen LogP contribution in [-0.4, -0.2) is 35.8 Å². The molecular weight excluding hydrogens is 368 g/mol. The number of hydrogen-bond donors (Lipinski definition) is 1. The second kappa shape index (κ2) is 7.17. The summed E-state index contributed by atoms with van der Waals surface area (Å²) in [6, 6.07) is 10.3. The summed E-state index contributed by atoms with van der Waals surface area (Å²) < 4.78 is 29.5. The quantitative estimate of drug-likeness (QED) is 0.697. The molecule has 0 aromatic heterocycles. The highest BCUT2D eigenvalue weighted by Crippen LogP contribution is 2.48. The molecule has 29 heavy (non-hydrogen) atoms. The molecule has 2 saturated heterocycles. The van der Waals surface area contributed by atoms with E-state index in [0.29, 0.717) is 35.5 Å². The van der Waals surface area contributed by atoms with Gasteiger partial charge in [0.25, 0.3) is 0 Å². The van der Waals surface area contributed by atoms with Crippen molar-refractivity contribution in [3.8, 4) is 0 Å². The van der Waals surface area contributed by atoms with Gasteiger partial charge in [0.05, 0.1) is 26.2 Å². The van der Waals surface area contributed by atoms with Gasteiger partial charge in [-0.25, -0.2) is 8.78 Å². The van der Waals surface area contributed by atoms with E-state index in [1.165, 1.54) is 37.1 Å². The highest BCUT2D eigenvalue weighted by Gasteiger charge is 2.50. The number of benzene rings is 2. The standard InChI is InChI=1S/C25H32F2NO/c1-16-5-7-19(26)13-23(16)25(29,24-14-20(27)8-6-17(24)2)15-18-11-21-9-10-22(12-18)28(21,3)4/h5-8,13-14,18,21-22,29H,9-12,15H2,1-4H3/q+1/t18?,21-,22+. The lowest BCUT2D eigenvalue weighted by Gasteiger charge is -2.46. The van der Waals surface area contributed by atoms with E-state index < -0.39 is 5.60 Å². The zero-order chi connectivity index (χ0) is 21.0. The molecule has 4 rings (SSSR count). The van der Waals surface area contributed by atoms with Crippen LogP contribution in [0, 0.1) is 31.4 Å². The Kier molecular flexibility index (Phi) is 5.07. The van der Waals surface area contributed by atoms with Crippen molar-refractivity contribution in [3.63, 3.8) is 0 Å². The van der Waals surface area contributed by atoms with Crippen LogP contribution >= 0.6 is 0 Å². The molecule has 2 heterocycles. The van der Waals surface area contributed by atoms with E-state index in [0.717, 1.165) is 28.5 Å². The average Bonchev–Trinajstić information content (AvgIpc) is 2.83. The van der Waals surface area contributed by atoms with Gasteiger partial charge in [-0.15, -0.1) is 0 Å². The Hall–Kier alpha value is -1.78. The lowest BCUT2D eigenvalue weighted by molar-refractivity contribution is -0.931. The number of piperidine rings is 1. The first kappa shape index (κ1) is 20.5. The third kappa shape index (κ3) is 3.51. The fourth-order valence-corrected chi connectivity index (χ4v) is 6.02. The normalized spacial score (nSPS) is 26.0. The van der Waals surface area contributed by atoms with Gasteiger partial charge in [-0.1, -0.05) is 12.1 Å². The Bertz CT molecular complexity index is 856. The largest absolute Gasteiger partial charge is 0.380 e. The molecule has 4 heteroatoms. The van der Waals surface area contributed by atoms with E-state index in [1.807, 2.05) is 13.8 Å². The van der Waals surface area contributed by atoms with E-state index in [2.05, 4.69) is 14.1 Å². The van der Waals surface area contributed by atoms with Crippen LogP contribution in [-0.2, 0) is 5.60 Å². The number of aliphatic hydroxyl groups is 1. The van der Waals surface area contributed by atoms with Crippen LogP contribution in [0.2, 0.25) is 0 Å². The van der Waals surface area contributed by atoms with Crippen molar-refractivity contribution in [2.45, 2.75) is 63.6 Å². The number of hydrogen-bond acceptors (Lipinski definition) is 1. The van der Waals surface area contributed by atoms with Gasteiger partial charge < -0.3 is 9.59 Å². The molecule has 2 aliphatic rings. The minimum absolute atomic E-state index is 0.328. The Morgan fingerprint density at radius 3 is 1.79 bits per heavy atom. The number of aryl methyl sites for hydroxylation is 2. The van der Waals surface area contributed by atoms with Gasteiger partial charge in [-0.2, -0.15) is 0 Å². The van der Waals surface area contributed by atoms with Crippen molar-refractivity contribution in [1.29, 1.82) is 0 Å². The summed E-state index contributed by atoms with van der Waals surface area (Å²) in [6.45, 7) is 3.78. The molecule has 0 radical (unpaired) electrons. The summed E-state index contributed by atoms with van der Waals surface area (Å²) in [5.41, 5.74) is 1.35. The molecule has 156 valence electrons. The van der Waals surface area contributed by atoms with Crippen LogP contribution in [0.1, 0.15) is 54.4 Å². The summed E-state index contributed by atoms with van der Waals surface area (Å²) in [7, 11) is 4.64. The van der Waals surface area contributed by atoms with Gasteiger partial charge >= 0.3 is 0 Å². The summed E-state index contributed by atoms with van der Waals surface area (Å²) in [6.07, 6.45) is 5.05. The maximum Gasteiger partial charge on any atom is 0.123 e. The van der Waals surface area contributed by atoms with E-state index in [4.69, 9.17) is 0 Å². The highest BCUT2D eigenvalue weighted by molar-refractivity contribution is 5.44. The summed E-state index contributed by atoms with van der Waals surface area (Å²) in [5, 5.41) is 12.1. The lowest BCUT2D eigenvalue weighted by Crippen LogP contribution is -2.55. The Morgan fingerprint density at radius 1 is 0.897 bits per heavy atom. The topological polar surface area (TPSA) is 20.2 Å². The van der Waals surface area contributed by atoms with Crippen LogP contribution in [0.25, 0.3) is 0 Å². The van der Waals surface area contributed by atoms with Gasteiger partial charge in [0.2, 0.25) is 0 Å². The number of halogens is 2. The average molecular weight is 401 g/mol. The Balaban J connectivity index is 1.77. The van der Waals surface area contributed by atoms with Gasteiger partial charge in [-0.3, -0.25) is 0 Å². The first-order valence-electron chi connectivity index (χ1n) is 10.7. The molecule has 1 N–H and O–H groups in total. The van der Waals surface area contributed by atoms with Gasteiger partial charge in [-0.05, 0) is 72.7 Å². The molecule has 2 aliphatic heterocycles. The minimum Gasteiger partial charge on any atom is -0.380 e.